The highest BCUT2D eigenvalue weighted by Gasteiger charge is 2.37. The van der Waals surface area contributed by atoms with Crippen LogP contribution in [-0.4, -0.2) is 56.1 Å². The third kappa shape index (κ3) is 4.52. The second kappa shape index (κ2) is 9.45. The Bertz CT molecular complexity index is 1260. The highest BCUT2D eigenvalue weighted by molar-refractivity contribution is 6.39. The van der Waals surface area contributed by atoms with Crippen molar-refractivity contribution >= 4 is 35.5 Å². The van der Waals surface area contributed by atoms with Crippen molar-refractivity contribution in [1.82, 2.24) is 10.2 Å². The monoisotopic (exact) mass is 483 g/mol. The number of likely N-dealkylation sites (N-methyl/N-ethyl adjacent to an activating group) is 1. The number of urea groups is 1. The van der Waals surface area contributed by atoms with E-state index in [0.29, 0.717) is 35.6 Å². The molecule has 0 atom stereocenters. The van der Waals surface area contributed by atoms with Crippen LogP contribution in [0.5, 0.6) is 17.2 Å². The second-order valence-corrected chi connectivity index (χ2v) is 7.84. The van der Waals surface area contributed by atoms with E-state index in [1.54, 1.807) is 13.1 Å². The van der Waals surface area contributed by atoms with Crippen LogP contribution in [0, 0.1) is 5.82 Å². The maximum atomic E-state index is 13.4. The van der Waals surface area contributed by atoms with Gasteiger partial charge in [-0.25, -0.2) is 14.1 Å². The Morgan fingerprint density at radius 3 is 2.60 bits per heavy atom. The number of fused-ring (bicyclic) bond motifs is 1. The summed E-state index contributed by atoms with van der Waals surface area (Å²) >= 11 is 0. The van der Waals surface area contributed by atoms with Gasteiger partial charge in [0.2, 0.25) is 18.4 Å². The van der Waals surface area contributed by atoms with Crippen LogP contribution in [0.2, 0.25) is 0 Å². The van der Waals surface area contributed by atoms with Gasteiger partial charge in [-0.2, -0.15) is 0 Å². The summed E-state index contributed by atoms with van der Waals surface area (Å²) in [5.74, 6) is -1.51. The summed E-state index contributed by atoms with van der Waals surface area (Å²) in [5, 5.41) is 2.13. The number of barbiturate groups is 1. The van der Waals surface area contributed by atoms with E-state index in [1.807, 2.05) is 0 Å². The van der Waals surface area contributed by atoms with Gasteiger partial charge < -0.3 is 19.1 Å². The third-order valence-electron chi connectivity index (χ3n) is 5.68. The third-order valence-corrected chi connectivity index (χ3v) is 5.68. The molecule has 0 bridgehead atoms. The Kier molecular flexibility index (Phi) is 6.41. The van der Waals surface area contributed by atoms with Crippen LogP contribution in [0.25, 0.3) is 6.08 Å². The lowest BCUT2D eigenvalue weighted by Crippen LogP contribution is -2.54. The van der Waals surface area contributed by atoms with E-state index in [4.69, 9.17) is 14.2 Å². The maximum absolute atomic E-state index is 13.4. The predicted molar refractivity (Wildman–Crippen MR) is 122 cm³/mol. The van der Waals surface area contributed by atoms with Crippen LogP contribution in [0.4, 0.5) is 14.9 Å². The number of amides is 5. The quantitative estimate of drug-likeness (QED) is 0.495. The zero-order chi connectivity index (χ0) is 25.3. The Hall–Kier alpha value is -4.41. The molecular weight excluding hydrogens is 461 g/mol. The van der Waals surface area contributed by atoms with Gasteiger partial charge in [0.15, 0.2) is 11.5 Å². The summed E-state index contributed by atoms with van der Waals surface area (Å²) in [4.78, 5) is 52.3. The number of nitrogens with one attached hydrogen (secondary N) is 1. The summed E-state index contributed by atoms with van der Waals surface area (Å²) in [6.45, 7) is 1.74. The summed E-state index contributed by atoms with van der Waals surface area (Å²) in [7, 11) is 3.05. The zero-order valence-corrected chi connectivity index (χ0v) is 19.2. The molecule has 2 aromatic carbocycles. The molecule has 0 unspecified atom stereocenters. The van der Waals surface area contributed by atoms with Crippen LogP contribution >= 0.6 is 0 Å². The number of benzene rings is 2. The minimum atomic E-state index is -0.954. The molecule has 35 heavy (non-hydrogen) atoms. The SMILES string of the molecule is COc1c(C=C2C(=O)NC(=O)N(c3ccc(F)cc3)C2=O)c(CCN(C)C(C)=O)cc2c1OCO2. The van der Waals surface area contributed by atoms with Gasteiger partial charge in [-0.3, -0.25) is 19.7 Å². The number of anilines is 1. The fraction of sp³-hybridized carbons (Fsp3) is 0.250. The van der Waals surface area contributed by atoms with Gasteiger partial charge in [-0.05, 0) is 48.4 Å². The molecule has 10 nitrogen and oxygen atoms in total. The number of methoxy groups -OCH3 is 1. The Morgan fingerprint density at radius 1 is 1.23 bits per heavy atom. The standard InChI is InChI=1S/C24H22FN3O7/c1-13(29)27(2)9-8-14-10-19-21(35-12-34-19)20(33-3)17(14)11-18-22(30)26-24(32)28(23(18)31)16-6-4-15(25)5-7-16/h4-7,10-11H,8-9,12H2,1-3H3,(H,26,30,32). The smallest absolute Gasteiger partial charge is 0.335 e. The van der Waals surface area contributed by atoms with Crippen LogP contribution < -0.4 is 24.4 Å². The second-order valence-electron chi connectivity index (χ2n) is 7.84. The van der Waals surface area contributed by atoms with Crippen LogP contribution in [-0.2, 0) is 20.8 Å². The van der Waals surface area contributed by atoms with E-state index in [9.17, 15) is 23.6 Å². The molecule has 0 aromatic heterocycles. The summed E-state index contributed by atoms with van der Waals surface area (Å²) in [6.07, 6.45) is 1.66. The first kappa shape index (κ1) is 23.7. The topological polar surface area (TPSA) is 114 Å². The van der Waals surface area contributed by atoms with Gasteiger partial charge in [0.05, 0.1) is 12.8 Å². The first-order valence-electron chi connectivity index (χ1n) is 10.6. The molecule has 2 heterocycles. The van der Waals surface area contributed by atoms with Gasteiger partial charge >= 0.3 is 6.03 Å². The van der Waals surface area contributed by atoms with Crippen molar-refractivity contribution in [3.63, 3.8) is 0 Å². The number of hydrogen-bond donors (Lipinski definition) is 1. The molecule has 5 amide bonds. The Balaban J connectivity index is 1.80. The van der Waals surface area contributed by atoms with Gasteiger partial charge in [0, 0.05) is 26.1 Å². The number of rotatable bonds is 6. The largest absolute Gasteiger partial charge is 0.492 e. The first-order chi connectivity index (χ1) is 16.7. The minimum Gasteiger partial charge on any atom is -0.492 e. The molecular formula is C24H22FN3O7. The van der Waals surface area contributed by atoms with Gasteiger partial charge in [-0.15, -0.1) is 0 Å². The number of carbonyl (C=O) groups excluding carboxylic acids is 4. The van der Waals surface area contributed by atoms with Crippen molar-refractivity contribution in [2.75, 3.05) is 32.4 Å². The fourth-order valence-corrected chi connectivity index (χ4v) is 3.72. The maximum Gasteiger partial charge on any atom is 0.335 e. The average molecular weight is 483 g/mol. The lowest BCUT2D eigenvalue weighted by atomic mass is 9.98. The molecule has 2 aliphatic heterocycles. The molecule has 4 rings (SSSR count). The Labute approximate surface area is 199 Å². The molecule has 0 spiro atoms. The lowest BCUT2D eigenvalue weighted by Gasteiger charge is -2.26. The van der Waals surface area contributed by atoms with Crippen molar-refractivity contribution in [2.24, 2.45) is 0 Å². The van der Waals surface area contributed by atoms with E-state index < -0.39 is 23.7 Å². The lowest BCUT2D eigenvalue weighted by molar-refractivity contribution is -0.127. The predicted octanol–water partition coefficient (Wildman–Crippen LogP) is 2.25. The molecule has 0 saturated carbocycles. The molecule has 0 radical (unpaired) electrons. The summed E-state index contributed by atoms with van der Waals surface area (Å²) in [6, 6.07) is 5.44. The van der Waals surface area contributed by atoms with Crippen LogP contribution in [0.15, 0.2) is 35.9 Å². The van der Waals surface area contributed by atoms with Crippen molar-refractivity contribution in [2.45, 2.75) is 13.3 Å². The number of carbonyl (C=O) groups is 4. The number of imide groups is 2. The first-order valence-corrected chi connectivity index (χ1v) is 10.6. The molecule has 0 aliphatic carbocycles. The minimum absolute atomic E-state index is 0.0369. The van der Waals surface area contributed by atoms with Gasteiger partial charge in [0.25, 0.3) is 11.8 Å². The Morgan fingerprint density at radius 2 is 1.94 bits per heavy atom. The molecule has 2 aliphatic rings. The van der Waals surface area contributed by atoms with E-state index in [0.717, 1.165) is 17.0 Å². The molecule has 1 fully saturated rings. The van der Waals surface area contributed by atoms with E-state index in [2.05, 4.69) is 5.32 Å². The highest BCUT2D eigenvalue weighted by Crippen LogP contribution is 2.46. The highest BCUT2D eigenvalue weighted by atomic mass is 19.1. The zero-order valence-electron chi connectivity index (χ0n) is 19.2. The number of ether oxygens (including phenoxy) is 3. The number of halogens is 1. The van der Waals surface area contributed by atoms with Crippen LogP contribution in [0.3, 0.4) is 0 Å². The number of nitrogens with zero attached hydrogens (tertiary/aromatic N) is 2. The van der Waals surface area contributed by atoms with E-state index in [-0.39, 0.29) is 29.7 Å². The number of hydrogen-bond acceptors (Lipinski definition) is 7. The van der Waals surface area contributed by atoms with Crippen molar-refractivity contribution in [1.29, 1.82) is 0 Å². The fourth-order valence-electron chi connectivity index (χ4n) is 3.72. The molecule has 11 heteroatoms. The molecule has 2 aromatic rings. The summed E-state index contributed by atoms with van der Waals surface area (Å²) in [5.41, 5.74) is 0.735. The van der Waals surface area contributed by atoms with Crippen molar-refractivity contribution in [3.05, 3.63) is 52.8 Å². The van der Waals surface area contributed by atoms with Crippen molar-refractivity contribution in [3.8, 4) is 17.2 Å². The normalized spacial score (nSPS) is 15.9. The molecule has 1 saturated heterocycles. The van der Waals surface area contributed by atoms with Gasteiger partial charge in [0.1, 0.15) is 11.4 Å². The van der Waals surface area contributed by atoms with E-state index in [1.165, 1.54) is 37.1 Å². The average Bonchev–Trinajstić information content (AvgIpc) is 3.29. The van der Waals surface area contributed by atoms with E-state index >= 15 is 0 Å². The van der Waals surface area contributed by atoms with Crippen LogP contribution in [0.1, 0.15) is 18.1 Å². The summed E-state index contributed by atoms with van der Waals surface area (Å²) < 4.78 is 29.9. The molecule has 182 valence electrons. The van der Waals surface area contributed by atoms with Gasteiger partial charge in [-0.1, -0.05) is 0 Å². The molecule has 1 N–H and O–H groups in total. The van der Waals surface area contributed by atoms with Crippen molar-refractivity contribution < 1.29 is 37.8 Å².